The first kappa shape index (κ1) is 42.8. The zero-order valence-electron chi connectivity index (χ0n) is 38.9. The van der Waals surface area contributed by atoms with Crippen molar-refractivity contribution in [1.82, 2.24) is 4.57 Å². The molecule has 11 aromatic carbocycles. The van der Waals surface area contributed by atoms with E-state index in [0.29, 0.717) is 0 Å². The predicted molar refractivity (Wildman–Crippen MR) is 296 cm³/mol. The van der Waals surface area contributed by atoms with E-state index in [1.165, 1.54) is 99.8 Å². The van der Waals surface area contributed by atoms with Crippen molar-refractivity contribution in [3.63, 3.8) is 0 Å². The molecule has 0 spiro atoms. The number of fused-ring (bicyclic) bond motifs is 3. The van der Waals surface area contributed by atoms with E-state index in [2.05, 4.69) is 278 Å². The van der Waals surface area contributed by atoms with Gasteiger partial charge in [-0.2, -0.15) is 0 Å². The van der Waals surface area contributed by atoms with E-state index in [1.807, 2.05) is 13.8 Å². The quantitative estimate of drug-likeness (QED) is 0.136. The molecule has 1 aromatic heterocycles. The fourth-order valence-corrected chi connectivity index (χ4v) is 9.68. The highest BCUT2D eigenvalue weighted by Gasteiger charge is 2.17. The molecule has 1 nitrogen and oxygen atoms in total. The summed E-state index contributed by atoms with van der Waals surface area (Å²) in [7, 11) is 0. The molecule has 0 N–H and O–H groups in total. The second kappa shape index (κ2) is 19.2. The summed E-state index contributed by atoms with van der Waals surface area (Å²) >= 11 is 0. The van der Waals surface area contributed by atoms with Crippen LogP contribution in [0.5, 0.6) is 0 Å². The molecule has 0 unspecified atom stereocenters. The van der Waals surface area contributed by atoms with Crippen molar-refractivity contribution in [2.45, 2.75) is 13.8 Å². The van der Waals surface area contributed by atoms with Crippen LogP contribution in [0.2, 0.25) is 0 Å². The van der Waals surface area contributed by atoms with E-state index in [1.54, 1.807) is 0 Å². The van der Waals surface area contributed by atoms with Crippen molar-refractivity contribution in [2.75, 3.05) is 0 Å². The number of rotatable bonds is 9. The smallest absolute Gasteiger partial charge is 0.0541 e. The molecule has 69 heavy (non-hydrogen) atoms. The minimum Gasteiger partial charge on any atom is -0.309 e. The monoisotopic (exact) mass is 881 g/mol. The van der Waals surface area contributed by atoms with Gasteiger partial charge in [-0.25, -0.2) is 0 Å². The van der Waals surface area contributed by atoms with Gasteiger partial charge in [-0.05, 0) is 131 Å². The Bertz CT molecular complexity index is 3400. The third-order valence-electron chi connectivity index (χ3n) is 13.2. The molecule has 0 radical (unpaired) electrons. The highest BCUT2D eigenvalue weighted by atomic mass is 15.0. The van der Waals surface area contributed by atoms with Gasteiger partial charge in [0.05, 0.1) is 11.0 Å². The standard InChI is InChI=1S/C66H45N.C2H6/c1-5-13-46(14-6-1)50-21-29-54(30-22-50)58-37-39-65-63(44-58)64-45-59(55-31-23-51(24-32-55)47-15-7-2-8-16-47)38-40-66(64)67(65)62-42-60(56-33-25-52(26-34-56)48-17-9-3-10-18-48)41-61(43-62)57-35-27-53(28-36-57)49-19-11-4-12-20-49;1-2/h1-45H;1-2H3. The molecule has 0 aliphatic carbocycles. The molecule has 0 aliphatic heterocycles. The van der Waals surface area contributed by atoms with E-state index in [4.69, 9.17) is 0 Å². The highest BCUT2D eigenvalue weighted by molar-refractivity contribution is 6.12. The SMILES string of the molecule is CC.c1ccc(-c2ccc(-c3cc(-c4ccc(-c5ccccc5)cc4)cc(-n4c5ccc(-c6ccc(-c7ccccc7)cc6)cc5c5cc(-c6ccc(-c7ccccc7)cc6)ccc54)c3)cc2)cc1. The molecule has 1 heterocycles. The number of aromatic nitrogens is 1. The van der Waals surface area contributed by atoms with E-state index in [-0.39, 0.29) is 0 Å². The first-order chi connectivity index (χ1) is 34.2. The van der Waals surface area contributed by atoms with Gasteiger partial charge >= 0.3 is 0 Å². The van der Waals surface area contributed by atoms with Gasteiger partial charge in [-0.3, -0.25) is 0 Å². The van der Waals surface area contributed by atoms with E-state index < -0.39 is 0 Å². The normalized spacial score (nSPS) is 11.0. The molecule has 0 atom stereocenters. The molecule has 0 saturated heterocycles. The van der Waals surface area contributed by atoms with Crippen LogP contribution in [0, 0.1) is 0 Å². The molecule has 0 aliphatic rings. The van der Waals surface area contributed by atoms with Gasteiger partial charge in [0, 0.05) is 16.5 Å². The van der Waals surface area contributed by atoms with Crippen LogP contribution in [0.25, 0.3) is 117 Å². The van der Waals surface area contributed by atoms with E-state index in [0.717, 1.165) is 16.7 Å². The van der Waals surface area contributed by atoms with Gasteiger partial charge in [-0.15, -0.1) is 0 Å². The zero-order chi connectivity index (χ0) is 46.5. The Balaban J connectivity index is 0.00000257. The second-order valence-corrected chi connectivity index (χ2v) is 17.3. The second-order valence-electron chi connectivity index (χ2n) is 17.3. The maximum atomic E-state index is 2.47. The Hall–Kier alpha value is -8.78. The van der Waals surface area contributed by atoms with Crippen molar-refractivity contribution in [3.8, 4) is 94.7 Å². The van der Waals surface area contributed by atoms with Crippen LogP contribution < -0.4 is 0 Å². The average molecular weight is 882 g/mol. The van der Waals surface area contributed by atoms with Gasteiger partial charge < -0.3 is 4.57 Å². The third kappa shape index (κ3) is 8.71. The van der Waals surface area contributed by atoms with E-state index in [9.17, 15) is 0 Å². The largest absolute Gasteiger partial charge is 0.309 e. The van der Waals surface area contributed by atoms with Gasteiger partial charge in [0.2, 0.25) is 0 Å². The Morgan fingerprint density at radius 1 is 0.188 bits per heavy atom. The molecule has 1 heteroatoms. The van der Waals surface area contributed by atoms with Crippen LogP contribution in [-0.2, 0) is 0 Å². The van der Waals surface area contributed by atoms with E-state index >= 15 is 0 Å². The molecule has 0 saturated carbocycles. The lowest BCUT2D eigenvalue weighted by atomic mass is 9.95. The molecule has 12 rings (SSSR count). The summed E-state index contributed by atoms with van der Waals surface area (Å²) in [6, 6.07) is 99.5. The summed E-state index contributed by atoms with van der Waals surface area (Å²) in [5.74, 6) is 0. The highest BCUT2D eigenvalue weighted by Crippen LogP contribution is 2.40. The van der Waals surface area contributed by atoms with Gasteiger partial charge in [0.1, 0.15) is 0 Å². The third-order valence-corrected chi connectivity index (χ3v) is 13.2. The van der Waals surface area contributed by atoms with Crippen LogP contribution in [0.4, 0.5) is 0 Å². The summed E-state index contributed by atoms with van der Waals surface area (Å²) in [4.78, 5) is 0. The molecular formula is C68H51N. The minimum atomic E-state index is 1.12. The Labute approximate surface area is 405 Å². The summed E-state index contributed by atoms with van der Waals surface area (Å²) in [6.45, 7) is 4.00. The number of benzene rings is 11. The Kier molecular flexibility index (Phi) is 11.9. The molecule has 0 bridgehead atoms. The molecule has 0 fully saturated rings. The first-order valence-electron chi connectivity index (χ1n) is 24.1. The maximum Gasteiger partial charge on any atom is 0.0541 e. The lowest BCUT2D eigenvalue weighted by molar-refractivity contribution is 1.18. The summed E-state index contributed by atoms with van der Waals surface area (Å²) < 4.78 is 2.47. The Morgan fingerprint density at radius 2 is 0.406 bits per heavy atom. The van der Waals surface area contributed by atoms with Crippen molar-refractivity contribution in [2.24, 2.45) is 0 Å². The van der Waals surface area contributed by atoms with Crippen LogP contribution in [-0.4, -0.2) is 4.57 Å². The summed E-state index contributed by atoms with van der Waals surface area (Å²) in [5.41, 5.74) is 22.6. The molecule has 12 aromatic rings. The molecule has 0 amide bonds. The maximum absolute atomic E-state index is 2.47. The zero-order valence-corrected chi connectivity index (χ0v) is 38.9. The fourth-order valence-electron chi connectivity index (χ4n) is 9.68. The summed E-state index contributed by atoms with van der Waals surface area (Å²) in [6.07, 6.45) is 0. The summed E-state index contributed by atoms with van der Waals surface area (Å²) in [5, 5.41) is 2.43. The fraction of sp³-hybridized carbons (Fsp3) is 0.0294. The predicted octanol–water partition coefficient (Wildman–Crippen LogP) is 19.1. The number of nitrogens with zero attached hydrogens (tertiary/aromatic N) is 1. The lowest BCUT2D eigenvalue weighted by Gasteiger charge is -2.15. The number of hydrogen-bond acceptors (Lipinski definition) is 0. The van der Waals surface area contributed by atoms with Crippen LogP contribution in [0.1, 0.15) is 13.8 Å². The Morgan fingerprint density at radius 3 is 0.681 bits per heavy atom. The van der Waals surface area contributed by atoms with Gasteiger partial charge in [-0.1, -0.05) is 244 Å². The van der Waals surface area contributed by atoms with Crippen molar-refractivity contribution in [3.05, 3.63) is 273 Å². The van der Waals surface area contributed by atoms with Crippen LogP contribution in [0.3, 0.4) is 0 Å². The van der Waals surface area contributed by atoms with Crippen LogP contribution in [0.15, 0.2) is 273 Å². The lowest BCUT2D eigenvalue weighted by Crippen LogP contribution is -1.96. The average Bonchev–Trinajstić information content (AvgIpc) is 3.77. The molecule has 328 valence electrons. The molecular weight excluding hydrogens is 831 g/mol. The minimum absolute atomic E-state index is 1.12. The van der Waals surface area contributed by atoms with Crippen molar-refractivity contribution in [1.29, 1.82) is 0 Å². The first-order valence-corrected chi connectivity index (χ1v) is 24.1. The van der Waals surface area contributed by atoms with Gasteiger partial charge in [0.15, 0.2) is 0 Å². The topological polar surface area (TPSA) is 4.93 Å². The van der Waals surface area contributed by atoms with Crippen molar-refractivity contribution >= 4 is 21.8 Å². The van der Waals surface area contributed by atoms with Crippen molar-refractivity contribution < 1.29 is 0 Å². The van der Waals surface area contributed by atoms with Crippen LogP contribution >= 0.6 is 0 Å². The number of hydrogen-bond donors (Lipinski definition) is 0. The van der Waals surface area contributed by atoms with Gasteiger partial charge in [0.25, 0.3) is 0 Å².